The van der Waals surface area contributed by atoms with Crippen molar-refractivity contribution in [2.75, 3.05) is 0 Å². The largest absolute Gasteiger partial charge is 0.508 e. The zero-order valence-electron chi connectivity index (χ0n) is 15.8. The number of aromatic hydroxyl groups is 1. The first-order valence-corrected chi connectivity index (χ1v) is 9.29. The molecule has 0 unspecified atom stereocenters. The maximum atomic E-state index is 9.74. The second kappa shape index (κ2) is 9.56. The van der Waals surface area contributed by atoms with Crippen molar-refractivity contribution in [2.24, 2.45) is 0 Å². The predicted octanol–water partition coefficient (Wildman–Crippen LogP) is 4.93. The average molecular weight is 354 g/mol. The Balaban J connectivity index is 1.90. The molecule has 0 amide bonds. The molecule has 0 fully saturated rings. The normalized spacial score (nSPS) is 12.0. The molecule has 26 heavy (non-hydrogen) atoms. The fourth-order valence-corrected chi connectivity index (χ4v) is 2.94. The van der Waals surface area contributed by atoms with Crippen LogP contribution in [0.4, 0.5) is 0 Å². The Hall–Kier alpha value is -2.10. The summed E-state index contributed by atoms with van der Waals surface area (Å²) in [5, 5.41) is 28.6. The summed E-state index contributed by atoms with van der Waals surface area (Å²) in [7, 11) is 0. The number of aliphatic hydroxyl groups excluding tert-OH is 1. The van der Waals surface area contributed by atoms with Crippen molar-refractivity contribution in [2.45, 2.75) is 58.2 Å². The summed E-state index contributed by atoms with van der Waals surface area (Å²) < 4.78 is 0. The Labute approximate surface area is 156 Å². The van der Waals surface area contributed by atoms with Gasteiger partial charge in [-0.05, 0) is 61.9 Å². The van der Waals surface area contributed by atoms with Gasteiger partial charge in [-0.2, -0.15) is 0 Å². The van der Waals surface area contributed by atoms with E-state index in [2.05, 4.69) is 24.3 Å². The second-order valence-electron chi connectivity index (χ2n) is 7.50. The number of aryl methyl sites for hydroxylation is 1. The lowest BCUT2D eigenvalue weighted by molar-refractivity contribution is 0.0681. The maximum Gasteiger partial charge on any atom is 0.121 e. The lowest BCUT2D eigenvalue weighted by Crippen LogP contribution is -2.17. The van der Waals surface area contributed by atoms with Gasteiger partial charge in [-0.3, -0.25) is 0 Å². The zero-order valence-corrected chi connectivity index (χ0v) is 15.8. The van der Waals surface area contributed by atoms with Gasteiger partial charge in [0.1, 0.15) is 5.75 Å². The Morgan fingerprint density at radius 2 is 1.65 bits per heavy atom. The van der Waals surface area contributed by atoms with Gasteiger partial charge in [-0.1, -0.05) is 55.3 Å². The molecule has 0 saturated carbocycles. The minimum Gasteiger partial charge on any atom is -0.508 e. The molecule has 0 spiro atoms. The molecule has 140 valence electrons. The Morgan fingerprint density at radius 3 is 2.35 bits per heavy atom. The third kappa shape index (κ3) is 7.03. The van der Waals surface area contributed by atoms with Crippen molar-refractivity contribution < 1.29 is 15.3 Å². The fraction of sp³-hybridized carbons (Fsp3) is 0.391. The third-order valence-electron chi connectivity index (χ3n) is 4.45. The molecule has 3 heteroatoms. The van der Waals surface area contributed by atoms with E-state index in [1.165, 1.54) is 5.56 Å². The number of unbranched alkanes of at least 4 members (excludes halogenated alkanes) is 2. The van der Waals surface area contributed by atoms with E-state index < -0.39 is 5.60 Å². The van der Waals surface area contributed by atoms with Gasteiger partial charge in [0.25, 0.3) is 0 Å². The highest BCUT2D eigenvalue weighted by Gasteiger charge is 2.10. The second-order valence-corrected chi connectivity index (χ2v) is 7.50. The lowest BCUT2D eigenvalue weighted by atomic mass is 9.98. The molecular formula is C23H30O3. The van der Waals surface area contributed by atoms with Gasteiger partial charge in [0.2, 0.25) is 0 Å². The van der Waals surface area contributed by atoms with Crippen molar-refractivity contribution in [3.8, 4) is 5.75 Å². The minimum absolute atomic E-state index is 0.122. The summed E-state index contributed by atoms with van der Waals surface area (Å²) in [6.45, 7) is 3.55. The Bertz CT molecular complexity index is 726. The molecule has 3 nitrogen and oxygen atoms in total. The van der Waals surface area contributed by atoms with Crippen LogP contribution in [0.2, 0.25) is 0 Å². The topological polar surface area (TPSA) is 60.7 Å². The fourth-order valence-electron chi connectivity index (χ4n) is 2.94. The van der Waals surface area contributed by atoms with Crippen LogP contribution in [-0.2, 0) is 13.0 Å². The molecule has 0 bridgehead atoms. The molecule has 0 aliphatic heterocycles. The van der Waals surface area contributed by atoms with E-state index in [9.17, 15) is 15.3 Å². The number of benzene rings is 2. The van der Waals surface area contributed by atoms with E-state index in [1.54, 1.807) is 12.1 Å². The molecule has 0 heterocycles. The van der Waals surface area contributed by atoms with Crippen LogP contribution in [0.1, 0.15) is 61.8 Å². The number of rotatable bonds is 9. The first-order valence-electron chi connectivity index (χ1n) is 9.29. The number of hydrogen-bond acceptors (Lipinski definition) is 3. The van der Waals surface area contributed by atoms with Crippen LogP contribution in [0.5, 0.6) is 5.75 Å². The Kier molecular flexibility index (Phi) is 7.43. The molecule has 2 rings (SSSR count). The number of hydrogen-bond donors (Lipinski definition) is 3. The summed E-state index contributed by atoms with van der Waals surface area (Å²) in [6.07, 6.45) is 9.23. The molecule has 0 saturated heterocycles. The van der Waals surface area contributed by atoms with Crippen LogP contribution in [-0.4, -0.2) is 20.9 Å². The Morgan fingerprint density at radius 1 is 0.923 bits per heavy atom. The molecule has 2 aromatic carbocycles. The van der Waals surface area contributed by atoms with E-state index in [1.807, 2.05) is 32.1 Å². The summed E-state index contributed by atoms with van der Waals surface area (Å²) in [5.41, 5.74) is 3.38. The summed E-state index contributed by atoms with van der Waals surface area (Å²) in [4.78, 5) is 0. The standard InChI is InChI=1S/C23H30O3/c1-23(2,26)14-5-3-4-7-18-8-6-9-19(15-18)10-11-20-12-13-22(25)21(16-20)17-24/h6,8-13,15-16,24-26H,3-5,7,14,17H2,1-2H3/b11-10+. The van der Waals surface area contributed by atoms with Gasteiger partial charge in [0, 0.05) is 5.56 Å². The summed E-state index contributed by atoms with van der Waals surface area (Å²) in [5.74, 6) is 0.122. The highest BCUT2D eigenvalue weighted by Crippen LogP contribution is 2.20. The first kappa shape index (κ1) is 20.2. The smallest absolute Gasteiger partial charge is 0.121 e. The van der Waals surface area contributed by atoms with E-state index in [0.717, 1.165) is 43.2 Å². The molecular weight excluding hydrogens is 324 g/mol. The van der Waals surface area contributed by atoms with Crippen molar-refractivity contribution in [3.05, 3.63) is 64.7 Å². The molecule has 0 radical (unpaired) electrons. The quantitative estimate of drug-likeness (QED) is 0.442. The van der Waals surface area contributed by atoms with Crippen LogP contribution >= 0.6 is 0 Å². The van der Waals surface area contributed by atoms with Crippen molar-refractivity contribution in [3.63, 3.8) is 0 Å². The lowest BCUT2D eigenvalue weighted by Gasteiger charge is -2.16. The molecule has 0 aromatic heterocycles. The minimum atomic E-state index is -0.561. The summed E-state index contributed by atoms with van der Waals surface area (Å²) >= 11 is 0. The molecule has 2 aromatic rings. The monoisotopic (exact) mass is 354 g/mol. The first-order chi connectivity index (χ1) is 12.4. The zero-order chi connectivity index (χ0) is 19.0. The van der Waals surface area contributed by atoms with E-state index >= 15 is 0 Å². The van der Waals surface area contributed by atoms with Gasteiger partial charge >= 0.3 is 0 Å². The number of phenols is 1. The highest BCUT2D eigenvalue weighted by molar-refractivity contribution is 5.70. The van der Waals surface area contributed by atoms with E-state index in [0.29, 0.717) is 5.56 Å². The van der Waals surface area contributed by atoms with Crippen molar-refractivity contribution in [1.82, 2.24) is 0 Å². The SMILES string of the molecule is CC(C)(O)CCCCCc1cccc(/C=C/c2ccc(O)c(CO)c2)c1. The van der Waals surface area contributed by atoms with E-state index in [-0.39, 0.29) is 12.4 Å². The molecule has 0 aliphatic carbocycles. The van der Waals surface area contributed by atoms with Crippen LogP contribution in [0, 0.1) is 0 Å². The van der Waals surface area contributed by atoms with Crippen LogP contribution in [0.25, 0.3) is 12.2 Å². The summed E-state index contributed by atoms with van der Waals surface area (Å²) in [6, 6.07) is 13.7. The van der Waals surface area contributed by atoms with Crippen LogP contribution in [0.15, 0.2) is 42.5 Å². The van der Waals surface area contributed by atoms with Crippen LogP contribution in [0.3, 0.4) is 0 Å². The molecule has 3 N–H and O–H groups in total. The third-order valence-corrected chi connectivity index (χ3v) is 4.45. The van der Waals surface area contributed by atoms with Gasteiger partial charge in [-0.25, -0.2) is 0 Å². The molecule has 0 aliphatic rings. The highest BCUT2D eigenvalue weighted by atomic mass is 16.3. The van der Waals surface area contributed by atoms with Crippen molar-refractivity contribution >= 4 is 12.2 Å². The predicted molar refractivity (Wildman–Crippen MR) is 108 cm³/mol. The van der Waals surface area contributed by atoms with Crippen LogP contribution < -0.4 is 0 Å². The van der Waals surface area contributed by atoms with Gasteiger partial charge in [-0.15, -0.1) is 0 Å². The van der Waals surface area contributed by atoms with Gasteiger partial charge in [0.15, 0.2) is 0 Å². The van der Waals surface area contributed by atoms with Gasteiger partial charge in [0.05, 0.1) is 12.2 Å². The average Bonchev–Trinajstić information content (AvgIpc) is 2.60. The molecule has 0 atom stereocenters. The number of aliphatic hydroxyl groups is 2. The van der Waals surface area contributed by atoms with Gasteiger partial charge < -0.3 is 15.3 Å². The van der Waals surface area contributed by atoms with E-state index in [4.69, 9.17) is 0 Å². The van der Waals surface area contributed by atoms with Crippen molar-refractivity contribution in [1.29, 1.82) is 0 Å². The maximum absolute atomic E-state index is 9.74.